The van der Waals surface area contributed by atoms with Gasteiger partial charge in [0.05, 0.1) is 19.8 Å². The van der Waals surface area contributed by atoms with Gasteiger partial charge in [0.1, 0.15) is 0 Å². The van der Waals surface area contributed by atoms with Crippen LogP contribution in [0.2, 0.25) is 0 Å². The number of hydrogen-bond donors (Lipinski definition) is 2. The van der Waals surface area contributed by atoms with E-state index in [2.05, 4.69) is 5.32 Å². The number of nitrogens with two attached hydrogens (primary N) is 1. The SMILES string of the molecule is COCC(CCN)NC(=O)c1ccc(F)c(OC)c1. The molecule has 1 unspecified atom stereocenters. The minimum Gasteiger partial charge on any atom is -0.494 e. The number of carbonyl (C=O) groups is 1. The monoisotopic (exact) mass is 270 g/mol. The van der Waals surface area contributed by atoms with Crippen molar-refractivity contribution < 1.29 is 18.7 Å². The van der Waals surface area contributed by atoms with E-state index in [1.807, 2.05) is 0 Å². The summed E-state index contributed by atoms with van der Waals surface area (Å²) in [7, 11) is 2.90. The maximum atomic E-state index is 13.2. The number of nitrogens with one attached hydrogen (secondary N) is 1. The summed E-state index contributed by atoms with van der Waals surface area (Å²) in [5.74, 6) is -0.780. The molecule has 0 heterocycles. The van der Waals surface area contributed by atoms with Crippen LogP contribution in [-0.2, 0) is 4.74 Å². The lowest BCUT2D eigenvalue weighted by atomic mass is 10.1. The van der Waals surface area contributed by atoms with Crippen LogP contribution in [0.5, 0.6) is 5.75 Å². The summed E-state index contributed by atoms with van der Waals surface area (Å²) in [6, 6.07) is 3.79. The first-order valence-electron chi connectivity index (χ1n) is 5.95. The van der Waals surface area contributed by atoms with Gasteiger partial charge in [0.2, 0.25) is 0 Å². The van der Waals surface area contributed by atoms with Gasteiger partial charge in [0.15, 0.2) is 11.6 Å². The summed E-state index contributed by atoms with van der Waals surface area (Å²) in [6.07, 6.45) is 0.609. The molecule has 1 amide bonds. The van der Waals surface area contributed by atoms with Crippen molar-refractivity contribution in [3.05, 3.63) is 29.6 Å². The molecule has 6 heteroatoms. The van der Waals surface area contributed by atoms with E-state index >= 15 is 0 Å². The molecule has 1 atom stereocenters. The Hall–Kier alpha value is -1.66. The average Bonchev–Trinajstić information content (AvgIpc) is 2.39. The first-order valence-corrected chi connectivity index (χ1v) is 5.95. The van der Waals surface area contributed by atoms with Crippen LogP contribution in [0.25, 0.3) is 0 Å². The summed E-state index contributed by atoms with van der Waals surface area (Å²) in [5, 5.41) is 2.78. The maximum absolute atomic E-state index is 13.2. The molecule has 0 saturated carbocycles. The molecule has 0 saturated heterocycles. The highest BCUT2D eigenvalue weighted by Crippen LogP contribution is 2.18. The van der Waals surface area contributed by atoms with E-state index in [1.54, 1.807) is 7.11 Å². The second kappa shape index (κ2) is 7.70. The van der Waals surface area contributed by atoms with Crippen molar-refractivity contribution in [1.82, 2.24) is 5.32 Å². The number of rotatable bonds is 7. The minimum absolute atomic E-state index is 0.0368. The fraction of sp³-hybridized carbons (Fsp3) is 0.462. The van der Waals surface area contributed by atoms with Gasteiger partial charge in [-0.05, 0) is 31.2 Å². The van der Waals surface area contributed by atoms with Gasteiger partial charge in [0.25, 0.3) is 5.91 Å². The summed E-state index contributed by atoms with van der Waals surface area (Å²) in [6.45, 7) is 0.822. The van der Waals surface area contributed by atoms with Gasteiger partial charge in [-0.15, -0.1) is 0 Å². The van der Waals surface area contributed by atoms with Gasteiger partial charge in [-0.25, -0.2) is 4.39 Å². The fourth-order valence-corrected chi connectivity index (χ4v) is 1.67. The second-order valence-electron chi connectivity index (χ2n) is 4.05. The Morgan fingerprint density at radius 1 is 1.47 bits per heavy atom. The predicted molar refractivity (Wildman–Crippen MR) is 69.8 cm³/mol. The smallest absolute Gasteiger partial charge is 0.251 e. The Bertz CT molecular complexity index is 420. The molecule has 1 rings (SSSR count). The Labute approximate surface area is 111 Å². The summed E-state index contributed by atoms with van der Waals surface area (Å²) in [5.41, 5.74) is 5.79. The minimum atomic E-state index is -0.505. The highest BCUT2D eigenvalue weighted by atomic mass is 19.1. The van der Waals surface area contributed by atoms with Crippen LogP contribution in [0.15, 0.2) is 18.2 Å². The number of amides is 1. The molecular formula is C13H19FN2O3. The van der Waals surface area contributed by atoms with E-state index in [9.17, 15) is 9.18 Å². The molecule has 0 spiro atoms. The zero-order chi connectivity index (χ0) is 14.3. The van der Waals surface area contributed by atoms with E-state index in [0.29, 0.717) is 25.1 Å². The first kappa shape index (κ1) is 15.4. The quantitative estimate of drug-likeness (QED) is 0.773. The van der Waals surface area contributed by atoms with Crippen molar-refractivity contribution in [2.75, 3.05) is 27.4 Å². The molecule has 0 bridgehead atoms. The number of ether oxygens (including phenoxy) is 2. The van der Waals surface area contributed by atoms with Crippen molar-refractivity contribution in [2.45, 2.75) is 12.5 Å². The number of hydrogen-bond acceptors (Lipinski definition) is 4. The van der Waals surface area contributed by atoms with Gasteiger partial charge in [-0.1, -0.05) is 0 Å². The number of benzene rings is 1. The van der Waals surface area contributed by atoms with Crippen LogP contribution in [0.1, 0.15) is 16.8 Å². The second-order valence-corrected chi connectivity index (χ2v) is 4.05. The molecule has 0 aliphatic rings. The highest BCUT2D eigenvalue weighted by molar-refractivity contribution is 5.94. The molecule has 19 heavy (non-hydrogen) atoms. The van der Waals surface area contributed by atoms with Crippen LogP contribution in [0.4, 0.5) is 4.39 Å². The summed E-state index contributed by atoms with van der Waals surface area (Å²) < 4.78 is 23.1. The molecule has 106 valence electrons. The molecular weight excluding hydrogens is 251 g/mol. The van der Waals surface area contributed by atoms with Crippen LogP contribution in [0, 0.1) is 5.82 Å². The molecule has 1 aromatic rings. The normalized spacial score (nSPS) is 12.0. The molecule has 1 aromatic carbocycles. The standard InChI is InChI=1S/C13H19FN2O3/c1-18-8-10(5-6-15)16-13(17)9-3-4-11(14)12(7-9)19-2/h3-4,7,10H,5-6,8,15H2,1-2H3,(H,16,17). The van der Waals surface area contributed by atoms with E-state index in [1.165, 1.54) is 25.3 Å². The molecule has 3 N–H and O–H groups in total. The van der Waals surface area contributed by atoms with Gasteiger partial charge >= 0.3 is 0 Å². The number of methoxy groups -OCH3 is 2. The van der Waals surface area contributed by atoms with E-state index < -0.39 is 5.82 Å². The van der Waals surface area contributed by atoms with Gasteiger partial charge < -0.3 is 20.5 Å². The Morgan fingerprint density at radius 3 is 2.79 bits per heavy atom. The van der Waals surface area contributed by atoms with Crippen molar-refractivity contribution in [3.8, 4) is 5.75 Å². The van der Waals surface area contributed by atoms with Crippen molar-refractivity contribution in [1.29, 1.82) is 0 Å². The predicted octanol–water partition coefficient (Wildman–Crippen LogP) is 0.928. The Kier molecular flexibility index (Phi) is 6.24. The van der Waals surface area contributed by atoms with E-state index in [4.69, 9.17) is 15.2 Å². The third kappa shape index (κ3) is 4.50. The van der Waals surface area contributed by atoms with E-state index in [-0.39, 0.29) is 17.7 Å². The number of carbonyl (C=O) groups excluding carboxylic acids is 1. The Balaban J connectivity index is 2.76. The fourth-order valence-electron chi connectivity index (χ4n) is 1.67. The maximum Gasteiger partial charge on any atom is 0.251 e. The van der Waals surface area contributed by atoms with Crippen LogP contribution >= 0.6 is 0 Å². The molecule has 0 aliphatic carbocycles. The zero-order valence-corrected chi connectivity index (χ0v) is 11.1. The molecule has 0 radical (unpaired) electrons. The third-order valence-corrected chi connectivity index (χ3v) is 2.63. The molecule has 5 nitrogen and oxygen atoms in total. The lowest BCUT2D eigenvalue weighted by molar-refractivity contribution is 0.0893. The van der Waals surface area contributed by atoms with Crippen LogP contribution < -0.4 is 15.8 Å². The lowest BCUT2D eigenvalue weighted by Crippen LogP contribution is -2.39. The van der Waals surface area contributed by atoms with Crippen molar-refractivity contribution in [3.63, 3.8) is 0 Å². The van der Waals surface area contributed by atoms with Gasteiger partial charge in [-0.3, -0.25) is 4.79 Å². The molecule has 0 aromatic heterocycles. The topological polar surface area (TPSA) is 73.6 Å². The van der Waals surface area contributed by atoms with Crippen molar-refractivity contribution in [2.24, 2.45) is 5.73 Å². The summed E-state index contributed by atoms with van der Waals surface area (Å²) in [4.78, 5) is 12.0. The summed E-state index contributed by atoms with van der Waals surface area (Å²) >= 11 is 0. The zero-order valence-electron chi connectivity index (χ0n) is 11.1. The molecule has 0 aliphatic heterocycles. The molecule has 0 fully saturated rings. The van der Waals surface area contributed by atoms with Crippen molar-refractivity contribution >= 4 is 5.91 Å². The lowest BCUT2D eigenvalue weighted by Gasteiger charge is -2.17. The number of halogens is 1. The van der Waals surface area contributed by atoms with E-state index in [0.717, 1.165) is 0 Å². The average molecular weight is 270 g/mol. The largest absolute Gasteiger partial charge is 0.494 e. The third-order valence-electron chi connectivity index (χ3n) is 2.63. The Morgan fingerprint density at radius 2 is 2.21 bits per heavy atom. The highest BCUT2D eigenvalue weighted by Gasteiger charge is 2.14. The van der Waals surface area contributed by atoms with Gasteiger partial charge in [0, 0.05) is 12.7 Å². The van der Waals surface area contributed by atoms with Crippen LogP contribution in [0.3, 0.4) is 0 Å². The first-order chi connectivity index (χ1) is 9.12. The van der Waals surface area contributed by atoms with Gasteiger partial charge in [-0.2, -0.15) is 0 Å². The van der Waals surface area contributed by atoms with Crippen LogP contribution in [-0.4, -0.2) is 39.3 Å².